The largest absolute Gasteiger partial charge is 0.480 e. The first-order valence-electron chi connectivity index (χ1n) is 7.67. The Kier molecular flexibility index (Phi) is 5.67. The van der Waals surface area contributed by atoms with Crippen LogP contribution in [-0.2, 0) is 20.8 Å². The predicted octanol–water partition coefficient (Wildman–Crippen LogP) is 0.514. The van der Waals surface area contributed by atoms with E-state index >= 15 is 0 Å². The lowest BCUT2D eigenvalue weighted by Gasteiger charge is -2.23. The van der Waals surface area contributed by atoms with E-state index in [9.17, 15) is 14.4 Å². The Morgan fingerprint density at radius 3 is 2.83 bits per heavy atom. The number of hydrogen-bond donors (Lipinski definition) is 2. The molecule has 1 aliphatic heterocycles. The number of pyridine rings is 1. The fourth-order valence-electron chi connectivity index (χ4n) is 2.59. The third-order valence-electron chi connectivity index (χ3n) is 3.78. The molecule has 0 saturated carbocycles. The number of carboxylic acid groups (broad SMARTS) is 1. The molecular formula is C16H21N3O4. The number of carbonyl (C=O) groups excluding carboxylic acids is 2. The molecule has 0 spiro atoms. The van der Waals surface area contributed by atoms with Crippen LogP contribution in [0.4, 0.5) is 0 Å². The van der Waals surface area contributed by atoms with Crippen molar-refractivity contribution in [1.82, 2.24) is 15.2 Å². The van der Waals surface area contributed by atoms with Gasteiger partial charge in [-0.2, -0.15) is 0 Å². The summed E-state index contributed by atoms with van der Waals surface area (Å²) in [6, 6.07) is 3.00. The fourth-order valence-corrected chi connectivity index (χ4v) is 2.59. The highest BCUT2D eigenvalue weighted by Gasteiger charge is 2.29. The number of rotatable bonds is 5. The van der Waals surface area contributed by atoms with Crippen LogP contribution < -0.4 is 5.32 Å². The molecule has 23 heavy (non-hydrogen) atoms. The Balaban J connectivity index is 1.96. The van der Waals surface area contributed by atoms with Crippen LogP contribution in [0.5, 0.6) is 0 Å². The third-order valence-corrected chi connectivity index (χ3v) is 3.78. The third kappa shape index (κ3) is 5.05. The van der Waals surface area contributed by atoms with Crippen molar-refractivity contribution in [2.75, 3.05) is 13.1 Å². The van der Waals surface area contributed by atoms with Gasteiger partial charge < -0.3 is 15.3 Å². The average Bonchev–Trinajstić information content (AvgIpc) is 2.65. The highest BCUT2D eigenvalue weighted by molar-refractivity contribution is 5.90. The maximum absolute atomic E-state index is 12.3. The zero-order valence-corrected chi connectivity index (χ0v) is 13.1. The molecule has 1 fully saturated rings. The molecule has 1 aromatic rings. The molecule has 0 bridgehead atoms. The number of carboxylic acids is 1. The second-order valence-corrected chi connectivity index (χ2v) is 5.75. The molecule has 1 atom stereocenters. The Morgan fingerprint density at radius 1 is 1.39 bits per heavy atom. The first-order chi connectivity index (χ1) is 11.0. The molecule has 1 saturated heterocycles. The highest BCUT2D eigenvalue weighted by Crippen LogP contribution is 2.12. The summed E-state index contributed by atoms with van der Waals surface area (Å²) in [6.07, 6.45) is 3.84. The second-order valence-electron chi connectivity index (χ2n) is 5.75. The molecule has 7 nitrogen and oxygen atoms in total. The summed E-state index contributed by atoms with van der Waals surface area (Å²) in [4.78, 5) is 40.7. The normalized spacial score (nSPS) is 18.4. The van der Waals surface area contributed by atoms with Crippen LogP contribution in [-0.4, -0.2) is 51.9 Å². The molecule has 124 valence electrons. The van der Waals surface area contributed by atoms with E-state index in [1.165, 1.54) is 4.90 Å². The van der Waals surface area contributed by atoms with Gasteiger partial charge in [-0.1, -0.05) is 6.07 Å². The van der Waals surface area contributed by atoms with E-state index < -0.39 is 12.0 Å². The molecule has 1 aromatic heterocycles. The summed E-state index contributed by atoms with van der Waals surface area (Å²) in [5.41, 5.74) is 1.65. The molecule has 2 N–H and O–H groups in total. The van der Waals surface area contributed by atoms with Gasteiger partial charge in [-0.25, -0.2) is 0 Å². The quantitative estimate of drug-likeness (QED) is 0.824. The van der Waals surface area contributed by atoms with Gasteiger partial charge in [0.2, 0.25) is 11.8 Å². The van der Waals surface area contributed by atoms with Crippen LogP contribution in [0.1, 0.15) is 30.5 Å². The number of nitrogens with zero attached hydrogens (tertiary/aromatic N) is 2. The fraction of sp³-hybridized carbons (Fsp3) is 0.500. The molecule has 2 rings (SSSR count). The molecular weight excluding hydrogens is 298 g/mol. The van der Waals surface area contributed by atoms with Crippen LogP contribution in [0, 0.1) is 6.92 Å². The van der Waals surface area contributed by atoms with E-state index in [0.717, 1.165) is 24.1 Å². The van der Waals surface area contributed by atoms with Gasteiger partial charge in [0.1, 0.15) is 12.6 Å². The molecule has 1 aliphatic rings. The van der Waals surface area contributed by atoms with E-state index in [4.69, 9.17) is 5.11 Å². The van der Waals surface area contributed by atoms with Crippen molar-refractivity contribution in [3.05, 3.63) is 29.6 Å². The van der Waals surface area contributed by atoms with Crippen LogP contribution in [0.15, 0.2) is 18.3 Å². The van der Waals surface area contributed by atoms with Crippen molar-refractivity contribution in [1.29, 1.82) is 0 Å². The Bertz CT molecular complexity index is 585. The van der Waals surface area contributed by atoms with Gasteiger partial charge >= 0.3 is 5.97 Å². The lowest BCUT2D eigenvalue weighted by atomic mass is 10.1. The minimum absolute atomic E-state index is 0.149. The predicted molar refractivity (Wildman–Crippen MR) is 82.7 cm³/mol. The molecule has 0 radical (unpaired) electrons. The van der Waals surface area contributed by atoms with Gasteiger partial charge in [-0.15, -0.1) is 0 Å². The summed E-state index contributed by atoms with van der Waals surface area (Å²) in [6.45, 7) is 1.96. The number of hydrogen-bond acceptors (Lipinski definition) is 4. The Morgan fingerprint density at radius 2 is 2.17 bits per heavy atom. The minimum Gasteiger partial charge on any atom is -0.480 e. The second kappa shape index (κ2) is 7.71. The number of amides is 2. The van der Waals surface area contributed by atoms with Crippen molar-refractivity contribution >= 4 is 17.8 Å². The van der Waals surface area contributed by atoms with E-state index in [1.54, 1.807) is 6.20 Å². The molecule has 0 aromatic carbocycles. The minimum atomic E-state index is -1.05. The first-order valence-corrected chi connectivity index (χ1v) is 7.67. The average molecular weight is 319 g/mol. The standard InChI is InChI=1S/C16H21N3O4/c1-11-5-6-12(9-17-11)8-14(20)18-13-4-2-3-7-19(16(13)23)10-15(21)22/h5-6,9,13H,2-4,7-8,10H2,1H3,(H,18,20)(H,21,22). The number of nitrogens with one attached hydrogen (secondary N) is 1. The van der Waals surface area contributed by atoms with Crippen molar-refractivity contribution in [2.24, 2.45) is 0 Å². The zero-order valence-electron chi connectivity index (χ0n) is 13.1. The van der Waals surface area contributed by atoms with Crippen molar-refractivity contribution in [2.45, 2.75) is 38.6 Å². The smallest absolute Gasteiger partial charge is 0.323 e. The molecule has 0 aliphatic carbocycles. The first kappa shape index (κ1) is 16.9. The summed E-state index contributed by atoms with van der Waals surface area (Å²) >= 11 is 0. The lowest BCUT2D eigenvalue weighted by Crippen LogP contribution is -2.49. The van der Waals surface area contributed by atoms with Gasteiger partial charge in [0.25, 0.3) is 0 Å². The lowest BCUT2D eigenvalue weighted by molar-refractivity contribution is -0.145. The monoisotopic (exact) mass is 319 g/mol. The summed E-state index contributed by atoms with van der Waals surface area (Å²) in [7, 11) is 0. The van der Waals surface area contributed by atoms with Crippen molar-refractivity contribution < 1.29 is 19.5 Å². The van der Waals surface area contributed by atoms with Gasteiger partial charge in [0.05, 0.1) is 6.42 Å². The number of likely N-dealkylation sites (tertiary alicyclic amines) is 1. The zero-order chi connectivity index (χ0) is 16.8. The topological polar surface area (TPSA) is 99.6 Å². The van der Waals surface area contributed by atoms with Crippen molar-refractivity contribution in [3.8, 4) is 0 Å². The molecule has 7 heteroatoms. The molecule has 2 amide bonds. The van der Waals surface area contributed by atoms with Gasteiger partial charge in [-0.05, 0) is 37.8 Å². The van der Waals surface area contributed by atoms with E-state index in [1.807, 2.05) is 19.1 Å². The van der Waals surface area contributed by atoms with E-state index in [-0.39, 0.29) is 24.8 Å². The van der Waals surface area contributed by atoms with E-state index in [0.29, 0.717) is 13.0 Å². The summed E-state index contributed by atoms with van der Waals surface area (Å²) in [5, 5.41) is 11.6. The molecule has 1 unspecified atom stereocenters. The number of aliphatic carboxylic acids is 1. The van der Waals surface area contributed by atoms with Crippen LogP contribution in [0.2, 0.25) is 0 Å². The Labute approximate surface area is 134 Å². The van der Waals surface area contributed by atoms with Crippen LogP contribution in [0.3, 0.4) is 0 Å². The maximum Gasteiger partial charge on any atom is 0.323 e. The van der Waals surface area contributed by atoms with Crippen LogP contribution >= 0.6 is 0 Å². The van der Waals surface area contributed by atoms with Crippen molar-refractivity contribution in [3.63, 3.8) is 0 Å². The Hall–Kier alpha value is -2.44. The maximum atomic E-state index is 12.3. The van der Waals surface area contributed by atoms with Gasteiger partial charge in [0.15, 0.2) is 0 Å². The summed E-state index contributed by atoms with van der Waals surface area (Å²) < 4.78 is 0. The SMILES string of the molecule is Cc1ccc(CC(=O)NC2CCCCN(CC(=O)O)C2=O)cn1. The van der Waals surface area contributed by atoms with Crippen LogP contribution in [0.25, 0.3) is 0 Å². The summed E-state index contributed by atoms with van der Waals surface area (Å²) in [5.74, 6) is -1.62. The number of carbonyl (C=O) groups is 3. The number of aromatic nitrogens is 1. The van der Waals surface area contributed by atoms with E-state index in [2.05, 4.69) is 10.3 Å². The van der Waals surface area contributed by atoms with Gasteiger partial charge in [0, 0.05) is 18.4 Å². The van der Waals surface area contributed by atoms with Gasteiger partial charge in [-0.3, -0.25) is 19.4 Å². The highest BCUT2D eigenvalue weighted by atomic mass is 16.4. The number of aryl methyl sites for hydroxylation is 1. The molecule has 2 heterocycles.